The van der Waals surface area contributed by atoms with Crippen molar-refractivity contribution in [3.8, 4) is 0 Å². The van der Waals surface area contributed by atoms with Crippen LogP contribution >= 0.6 is 11.6 Å². The van der Waals surface area contributed by atoms with E-state index in [0.29, 0.717) is 17.9 Å². The molecule has 0 bridgehead atoms. The fourth-order valence-corrected chi connectivity index (χ4v) is 2.10. The summed E-state index contributed by atoms with van der Waals surface area (Å²) in [4.78, 5) is 20.4. The van der Waals surface area contributed by atoms with Gasteiger partial charge in [-0.2, -0.15) is 0 Å². The van der Waals surface area contributed by atoms with Crippen LogP contribution in [0, 0.1) is 0 Å². The van der Waals surface area contributed by atoms with Gasteiger partial charge in [0.2, 0.25) is 0 Å². The van der Waals surface area contributed by atoms with Gasteiger partial charge in [-0.25, -0.2) is 4.98 Å². The van der Waals surface area contributed by atoms with Crippen LogP contribution in [0.3, 0.4) is 0 Å². The van der Waals surface area contributed by atoms with Gasteiger partial charge in [0.05, 0.1) is 6.04 Å². The lowest BCUT2D eigenvalue weighted by atomic mass is 10.1. The van der Waals surface area contributed by atoms with E-state index in [1.54, 1.807) is 24.5 Å². The summed E-state index contributed by atoms with van der Waals surface area (Å²) in [6.07, 6.45) is 3.43. The van der Waals surface area contributed by atoms with Crippen molar-refractivity contribution in [2.75, 3.05) is 11.9 Å². The maximum Gasteiger partial charge on any atom is 0.251 e. The molecule has 0 spiro atoms. The molecule has 0 aliphatic rings. The molecule has 0 radical (unpaired) electrons. The normalized spacial score (nSPS) is 11.8. The third-order valence-electron chi connectivity index (χ3n) is 2.95. The fourth-order valence-electron chi connectivity index (χ4n) is 1.90. The average molecular weight is 305 g/mol. The van der Waals surface area contributed by atoms with Crippen LogP contribution in [0.4, 0.5) is 5.82 Å². The molecule has 0 aliphatic carbocycles. The van der Waals surface area contributed by atoms with Crippen molar-refractivity contribution in [1.29, 1.82) is 0 Å². The summed E-state index contributed by atoms with van der Waals surface area (Å²) in [7, 11) is 0. The lowest BCUT2D eigenvalue weighted by Crippen LogP contribution is -2.26. The van der Waals surface area contributed by atoms with Gasteiger partial charge in [-0.3, -0.25) is 9.78 Å². The Balaban J connectivity index is 2.13. The average Bonchev–Trinajstić information content (AvgIpc) is 2.48. The highest BCUT2D eigenvalue weighted by atomic mass is 35.5. The summed E-state index contributed by atoms with van der Waals surface area (Å²) >= 11 is 5.94. The summed E-state index contributed by atoms with van der Waals surface area (Å²) in [6, 6.07) is 6.85. The standard InChI is InChI=1S/C15H17ClN4O/c1-3-18-14-8-12(7-13(16)20-14)15(21)19-10(2)11-5-4-6-17-9-11/h4-10H,3H2,1-2H3,(H,18,20)(H,19,21). The Morgan fingerprint density at radius 1 is 1.43 bits per heavy atom. The molecule has 1 amide bonds. The largest absolute Gasteiger partial charge is 0.370 e. The van der Waals surface area contributed by atoms with E-state index in [0.717, 1.165) is 5.56 Å². The molecule has 6 heteroatoms. The first-order valence-electron chi connectivity index (χ1n) is 6.72. The van der Waals surface area contributed by atoms with Crippen LogP contribution in [0.1, 0.15) is 35.8 Å². The number of pyridine rings is 2. The minimum Gasteiger partial charge on any atom is -0.370 e. The zero-order valence-corrected chi connectivity index (χ0v) is 12.7. The first-order valence-corrected chi connectivity index (χ1v) is 7.10. The smallest absolute Gasteiger partial charge is 0.251 e. The van der Waals surface area contributed by atoms with Crippen LogP contribution in [0.5, 0.6) is 0 Å². The van der Waals surface area contributed by atoms with E-state index in [1.807, 2.05) is 26.0 Å². The topological polar surface area (TPSA) is 66.9 Å². The van der Waals surface area contributed by atoms with Gasteiger partial charge in [0, 0.05) is 24.5 Å². The molecule has 2 aromatic heterocycles. The molecule has 110 valence electrons. The number of carbonyl (C=O) groups excluding carboxylic acids is 1. The molecule has 0 saturated heterocycles. The van der Waals surface area contributed by atoms with E-state index in [4.69, 9.17) is 11.6 Å². The molecule has 2 aromatic rings. The number of nitrogens with zero attached hydrogens (tertiary/aromatic N) is 2. The van der Waals surface area contributed by atoms with Crippen LogP contribution in [0.15, 0.2) is 36.7 Å². The molecule has 5 nitrogen and oxygen atoms in total. The number of amides is 1. The third kappa shape index (κ3) is 4.16. The molecule has 1 atom stereocenters. The summed E-state index contributed by atoms with van der Waals surface area (Å²) in [5, 5.41) is 6.24. The minimum absolute atomic E-state index is 0.138. The Hall–Kier alpha value is -2.14. The zero-order valence-electron chi connectivity index (χ0n) is 11.9. The molecule has 2 N–H and O–H groups in total. The second kappa shape index (κ2) is 7.04. The van der Waals surface area contributed by atoms with Crippen LogP contribution in [-0.2, 0) is 0 Å². The monoisotopic (exact) mass is 304 g/mol. The van der Waals surface area contributed by atoms with Crippen molar-refractivity contribution >= 4 is 23.3 Å². The molecule has 0 aliphatic heterocycles. The summed E-state index contributed by atoms with van der Waals surface area (Å²) in [6.45, 7) is 4.57. The van der Waals surface area contributed by atoms with Crippen LogP contribution < -0.4 is 10.6 Å². The van der Waals surface area contributed by atoms with E-state index < -0.39 is 0 Å². The summed E-state index contributed by atoms with van der Waals surface area (Å²) in [5.41, 5.74) is 1.42. The Morgan fingerprint density at radius 3 is 2.90 bits per heavy atom. The maximum atomic E-state index is 12.3. The van der Waals surface area contributed by atoms with Gasteiger partial charge in [-0.05, 0) is 37.6 Å². The number of halogens is 1. The Morgan fingerprint density at radius 2 is 2.24 bits per heavy atom. The van der Waals surface area contributed by atoms with Crippen molar-refractivity contribution in [3.05, 3.63) is 52.9 Å². The maximum absolute atomic E-state index is 12.3. The SMILES string of the molecule is CCNc1cc(C(=O)NC(C)c2cccnc2)cc(Cl)n1. The lowest BCUT2D eigenvalue weighted by molar-refractivity contribution is 0.0940. The van der Waals surface area contributed by atoms with Gasteiger partial charge in [0.15, 0.2) is 0 Å². The first-order chi connectivity index (χ1) is 10.1. The van der Waals surface area contributed by atoms with Crippen LogP contribution in [0.25, 0.3) is 0 Å². The third-order valence-corrected chi connectivity index (χ3v) is 3.14. The van der Waals surface area contributed by atoms with Crippen LogP contribution in [0.2, 0.25) is 5.15 Å². The molecule has 21 heavy (non-hydrogen) atoms. The highest BCUT2D eigenvalue weighted by Gasteiger charge is 2.13. The van der Waals surface area contributed by atoms with Crippen molar-refractivity contribution in [3.63, 3.8) is 0 Å². The number of hydrogen-bond acceptors (Lipinski definition) is 4. The Kier molecular flexibility index (Phi) is 5.11. The highest BCUT2D eigenvalue weighted by molar-refractivity contribution is 6.29. The van der Waals surface area contributed by atoms with Gasteiger partial charge in [0.1, 0.15) is 11.0 Å². The molecule has 0 aromatic carbocycles. The summed E-state index contributed by atoms with van der Waals surface area (Å²) in [5.74, 6) is 0.388. The second-order valence-corrected chi connectivity index (χ2v) is 4.96. The molecule has 2 heterocycles. The molecule has 1 unspecified atom stereocenters. The van der Waals surface area contributed by atoms with E-state index in [2.05, 4.69) is 20.6 Å². The number of anilines is 1. The van der Waals surface area contributed by atoms with Crippen molar-refractivity contribution < 1.29 is 4.79 Å². The Bertz CT molecular complexity index is 618. The predicted molar refractivity (Wildman–Crippen MR) is 83.5 cm³/mol. The molecular formula is C15H17ClN4O. The predicted octanol–water partition coefficient (Wildman–Crippen LogP) is 3.05. The van der Waals surface area contributed by atoms with Gasteiger partial charge in [-0.1, -0.05) is 17.7 Å². The number of nitrogens with one attached hydrogen (secondary N) is 2. The van der Waals surface area contributed by atoms with Crippen molar-refractivity contribution in [1.82, 2.24) is 15.3 Å². The zero-order chi connectivity index (χ0) is 15.2. The second-order valence-electron chi connectivity index (χ2n) is 4.58. The van der Waals surface area contributed by atoms with Gasteiger partial charge in [0.25, 0.3) is 5.91 Å². The van der Waals surface area contributed by atoms with Gasteiger partial charge >= 0.3 is 0 Å². The lowest BCUT2D eigenvalue weighted by Gasteiger charge is -2.14. The summed E-state index contributed by atoms with van der Waals surface area (Å²) < 4.78 is 0. The van der Waals surface area contributed by atoms with Crippen molar-refractivity contribution in [2.24, 2.45) is 0 Å². The van der Waals surface area contributed by atoms with E-state index >= 15 is 0 Å². The van der Waals surface area contributed by atoms with Crippen molar-refractivity contribution in [2.45, 2.75) is 19.9 Å². The molecule has 0 fully saturated rings. The molecule has 2 rings (SSSR count). The Labute approximate surface area is 128 Å². The number of carbonyl (C=O) groups is 1. The van der Waals surface area contributed by atoms with E-state index in [1.165, 1.54) is 0 Å². The minimum atomic E-state index is -0.199. The molecule has 0 saturated carbocycles. The number of aromatic nitrogens is 2. The number of rotatable bonds is 5. The van der Waals surface area contributed by atoms with E-state index in [9.17, 15) is 4.79 Å². The van der Waals surface area contributed by atoms with Gasteiger partial charge < -0.3 is 10.6 Å². The van der Waals surface area contributed by atoms with E-state index in [-0.39, 0.29) is 17.1 Å². The number of hydrogen-bond donors (Lipinski definition) is 2. The van der Waals surface area contributed by atoms with Gasteiger partial charge in [-0.15, -0.1) is 0 Å². The van der Waals surface area contributed by atoms with Crippen LogP contribution in [-0.4, -0.2) is 22.4 Å². The highest BCUT2D eigenvalue weighted by Crippen LogP contribution is 2.16. The fraction of sp³-hybridized carbons (Fsp3) is 0.267. The molecular weight excluding hydrogens is 288 g/mol. The quantitative estimate of drug-likeness (QED) is 0.833. The first kappa shape index (κ1) is 15.3.